The van der Waals surface area contributed by atoms with Crippen LogP contribution in [0.5, 0.6) is 0 Å². The first-order chi connectivity index (χ1) is 14.8. The second kappa shape index (κ2) is 10.9. The fourth-order valence-electron chi connectivity index (χ4n) is 3.53. The highest BCUT2D eigenvalue weighted by molar-refractivity contribution is 8.06. The summed E-state index contributed by atoms with van der Waals surface area (Å²) in [4.78, 5) is 31.8. The first kappa shape index (κ1) is 24.2. The lowest BCUT2D eigenvalue weighted by molar-refractivity contribution is -0.135. The average Bonchev–Trinajstić information content (AvgIpc) is 3.18. The molecule has 31 heavy (non-hydrogen) atoms. The number of ketones is 1. The predicted octanol–water partition coefficient (Wildman–Crippen LogP) is 5.86. The lowest BCUT2D eigenvalue weighted by Gasteiger charge is -2.26. The fraction of sp³-hybridized carbons (Fsp3) is 0.409. The lowest BCUT2D eigenvalue weighted by atomic mass is 10.0. The summed E-state index contributed by atoms with van der Waals surface area (Å²) in [6, 6.07) is 5.02. The van der Waals surface area contributed by atoms with Gasteiger partial charge in [-0.25, -0.2) is 0 Å². The van der Waals surface area contributed by atoms with Crippen LogP contribution in [0.2, 0.25) is 10.0 Å². The van der Waals surface area contributed by atoms with Crippen LogP contribution in [-0.2, 0) is 9.59 Å². The number of amides is 1. The van der Waals surface area contributed by atoms with E-state index < -0.39 is 5.78 Å². The van der Waals surface area contributed by atoms with E-state index in [9.17, 15) is 9.59 Å². The van der Waals surface area contributed by atoms with Gasteiger partial charge in [-0.3, -0.25) is 14.6 Å². The van der Waals surface area contributed by atoms with E-state index in [1.165, 1.54) is 11.8 Å². The molecular weight excluding hydrogens is 477 g/mol. The minimum Gasteiger partial charge on any atom is -0.396 e. The number of carbonyl (C=O) groups is 2. The number of halogens is 3. The Bertz CT molecular complexity index is 969. The molecule has 0 saturated carbocycles. The van der Waals surface area contributed by atoms with E-state index in [-0.39, 0.29) is 23.3 Å². The quantitative estimate of drug-likeness (QED) is 0.302. The Kier molecular flexibility index (Phi) is 8.50. The Hall–Kier alpha value is -1.47. The van der Waals surface area contributed by atoms with Gasteiger partial charge in [-0.2, -0.15) is 0 Å². The number of hydrogen-bond acceptors (Lipinski definition) is 5. The number of carbonyl (C=O) groups excluding carboxylic acids is 2. The third kappa shape index (κ3) is 6.28. The van der Waals surface area contributed by atoms with Gasteiger partial charge >= 0.3 is 0 Å². The molecule has 1 amide bonds. The van der Waals surface area contributed by atoms with E-state index in [1.807, 2.05) is 6.08 Å². The van der Waals surface area contributed by atoms with Gasteiger partial charge in [0.05, 0.1) is 38.2 Å². The summed E-state index contributed by atoms with van der Waals surface area (Å²) in [6.45, 7) is 3.13. The zero-order valence-corrected chi connectivity index (χ0v) is 20.3. The monoisotopic (exact) mass is 499 g/mol. The molecule has 2 N–H and O–H groups in total. The van der Waals surface area contributed by atoms with Gasteiger partial charge in [0.15, 0.2) is 5.78 Å². The summed E-state index contributed by atoms with van der Waals surface area (Å²) < 4.78 is 0.665. The maximum atomic E-state index is 12.8. The van der Waals surface area contributed by atoms with Crippen molar-refractivity contribution < 1.29 is 9.59 Å². The van der Waals surface area contributed by atoms with E-state index in [0.29, 0.717) is 50.9 Å². The maximum absolute atomic E-state index is 12.8. The molecule has 3 rings (SSSR count). The molecule has 1 atom stereocenters. The molecule has 0 bridgehead atoms. The third-order valence-electron chi connectivity index (χ3n) is 5.31. The Morgan fingerprint density at radius 3 is 2.52 bits per heavy atom. The predicted molar refractivity (Wildman–Crippen MR) is 130 cm³/mol. The molecule has 0 spiro atoms. The highest BCUT2D eigenvalue weighted by Gasteiger charge is 2.27. The van der Waals surface area contributed by atoms with Gasteiger partial charge in [0.2, 0.25) is 5.91 Å². The van der Waals surface area contributed by atoms with E-state index in [4.69, 9.17) is 45.5 Å². The van der Waals surface area contributed by atoms with E-state index in [1.54, 1.807) is 30.0 Å². The van der Waals surface area contributed by atoms with Crippen LogP contribution in [0.25, 0.3) is 0 Å². The number of likely N-dealkylation sites (tertiary alicyclic amines) is 1. The van der Waals surface area contributed by atoms with Crippen LogP contribution >= 0.6 is 46.6 Å². The summed E-state index contributed by atoms with van der Waals surface area (Å²) in [5, 5.41) is 0.789. The van der Waals surface area contributed by atoms with E-state index in [2.05, 4.69) is 0 Å². The van der Waals surface area contributed by atoms with Crippen LogP contribution in [-0.4, -0.2) is 40.6 Å². The Balaban J connectivity index is 1.87. The Morgan fingerprint density at radius 1 is 1.19 bits per heavy atom. The molecule has 1 fully saturated rings. The number of nitrogens with two attached hydrogens (primary N) is 1. The van der Waals surface area contributed by atoms with Crippen molar-refractivity contribution in [2.24, 2.45) is 10.7 Å². The summed E-state index contributed by atoms with van der Waals surface area (Å²) in [5.74, 6) is -0.579. The zero-order valence-electron chi connectivity index (χ0n) is 17.2. The smallest absolute Gasteiger partial charge is 0.230 e. The molecule has 1 saturated heterocycles. The van der Waals surface area contributed by atoms with Crippen molar-refractivity contribution in [3.05, 3.63) is 50.0 Å². The third-order valence-corrected chi connectivity index (χ3v) is 7.36. The molecule has 1 aromatic carbocycles. The van der Waals surface area contributed by atoms with Crippen molar-refractivity contribution in [2.45, 2.75) is 44.3 Å². The standard InChI is InChI=1S/C22H24Cl3N3O2S/c1-13(21(26)17(29)12-20(30)28-9-3-2-4-10-28)22(18-7-8-19(25)31-18)27-16-6-5-14(23)11-15(16)24/h5-6,8,11,18H,2-4,7,9-10,12,26H2,1H3. The van der Waals surface area contributed by atoms with Crippen LogP contribution in [0, 0.1) is 0 Å². The maximum Gasteiger partial charge on any atom is 0.230 e. The van der Waals surface area contributed by atoms with Crippen LogP contribution in [0.15, 0.2) is 44.9 Å². The molecule has 0 aromatic heterocycles. The van der Waals surface area contributed by atoms with Gasteiger partial charge in [-0.15, -0.1) is 11.8 Å². The van der Waals surface area contributed by atoms with Crippen molar-refractivity contribution >= 4 is 69.7 Å². The van der Waals surface area contributed by atoms with Gasteiger partial charge in [-0.1, -0.05) is 40.9 Å². The topological polar surface area (TPSA) is 75.8 Å². The number of benzene rings is 1. The van der Waals surface area contributed by atoms with Gasteiger partial charge in [0, 0.05) is 18.1 Å². The first-order valence-corrected chi connectivity index (χ1v) is 12.1. The number of piperidine rings is 1. The highest BCUT2D eigenvalue weighted by Crippen LogP contribution is 2.39. The summed E-state index contributed by atoms with van der Waals surface area (Å²) in [5.41, 5.74) is 7.92. The Labute approximate surface area is 201 Å². The summed E-state index contributed by atoms with van der Waals surface area (Å²) in [7, 11) is 0. The minimum atomic E-state index is -0.398. The molecule has 2 aliphatic heterocycles. The number of Topliss-reactive ketones (excluding diaryl/α,β-unsaturated/α-hetero) is 1. The second-order valence-corrected chi connectivity index (χ2v) is 10.2. The van der Waals surface area contributed by atoms with Gasteiger partial charge in [0.25, 0.3) is 0 Å². The van der Waals surface area contributed by atoms with Crippen molar-refractivity contribution in [1.29, 1.82) is 0 Å². The number of rotatable bonds is 6. The van der Waals surface area contributed by atoms with Crippen LogP contribution in [0.1, 0.15) is 39.0 Å². The van der Waals surface area contributed by atoms with E-state index in [0.717, 1.165) is 19.3 Å². The molecular formula is C22H24Cl3N3O2S. The van der Waals surface area contributed by atoms with Crippen molar-refractivity contribution in [3.8, 4) is 0 Å². The highest BCUT2D eigenvalue weighted by atomic mass is 35.5. The van der Waals surface area contributed by atoms with Crippen LogP contribution in [0.3, 0.4) is 0 Å². The molecule has 0 radical (unpaired) electrons. The average molecular weight is 501 g/mol. The van der Waals surface area contributed by atoms with Gasteiger partial charge in [-0.05, 0) is 56.4 Å². The molecule has 1 unspecified atom stereocenters. The fourth-order valence-corrected chi connectivity index (χ4v) is 5.39. The van der Waals surface area contributed by atoms with Crippen molar-refractivity contribution in [3.63, 3.8) is 0 Å². The normalized spacial score (nSPS) is 20.4. The molecule has 0 aliphatic carbocycles. The first-order valence-electron chi connectivity index (χ1n) is 10.1. The molecule has 2 heterocycles. The van der Waals surface area contributed by atoms with Gasteiger partial charge < -0.3 is 10.6 Å². The SMILES string of the molecule is CC(C(=Nc1ccc(Cl)cc1Cl)C1CC=C(Cl)S1)=C(N)C(=O)CC(=O)N1CCCCC1. The minimum absolute atomic E-state index is 0.0396. The zero-order chi connectivity index (χ0) is 22.5. The van der Waals surface area contributed by atoms with E-state index >= 15 is 0 Å². The molecule has 1 aromatic rings. The van der Waals surface area contributed by atoms with Crippen molar-refractivity contribution in [2.75, 3.05) is 13.1 Å². The van der Waals surface area contributed by atoms with Gasteiger partial charge in [0.1, 0.15) is 0 Å². The second-order valence-electron chi connectivity index (χ2n) is 7.52. The lowest BCUT2D eigenvalue weighted by Crippen LogP contribution is -2.37. The number of hydrogen-bond donors (Lipinski definition) is 1. The van der Waals surface area contributed by atoms with Crippen LogP contribution in [0.4, 0.5) is 5.69 Å². The number of nitrogens with zero attached hydrogens (tertiary/aromatic N) is 2. The molecule has 9 heteroatoms. The molecule has 2 aliphatic rings. The Morgan fingerprint density at radius 2 is 1.90 bits per heavy atom. The number of aliphatic imine (C=N–C) groups is 1. The molecule has 166 valence electrons. The molecule has 5 nitrogen and oxygen atoms in total. The summed E-state index contributed by atoms with van der Waals surface area (Å²) in [6.07, 6.45) is 5.36. The van der Waals surface area contributed by atoms with Crippen molar-refractivity contribution in [1.82, 2.24) is 4.90 Å². The number of allylic oxidation sites excluding steroid dienone is 3. The van der Waals surface area contributed by atoms with Crippen LogP contribution < -0.4 is 5.73 Å². The number of thioether (sulfide) groups is 1. The largest absolute Gasteiger partial charge is 0.396 e. The summed E-state index contributed by atoms with van der Waals surface area (Å²) >= 11 is 19.9.